The second-order valence-electron chi connectivity index (χ2n) is 2.54. The van der Waals surface area contributed by atoms with Gasteiger partial charge in [-0.1, -0.05) is 0 Å². The molecule has 0 aliphatic heterocycles. The molecule has 4 heteroatoms. The van der Waals surface area contributed by atoms with Crippen molar-refractivity contribution in [2.45, 2.75) is 13.3 Å². The topological polar surface area (TPSA) is 59.2 Å². The zero-order chi connectivity index (χ0) is 9.68. The molecule has 0 unspecified atom stereocenters. The summed E-state index contributed by atoms with van der Waals surface area (Å²) >= 11 is 0. The first kappa shape index (κ1) is 9.51. The molecule has 1 rings (SSSR count). The monoisotopic (exact) mass is 181 g/mol. The third-order valence-corrected chi connectivity index (χ3v) is 1.49. The van der Waals surface area contributed by atoms with Crippen LogP contribution in [0.5, 0.6) is 0 Å². The number of nitrogens with one attached hydrogen (secondary N) is 1. The van der Waals surface area contributed by atoms with Gasteiger partial charge in [0.25, 0.3) is 0 Å². The molecule has 0 amide bonds. The fraction of sp³-hybridized carbons (Fsp3) is 0.333. The number of hydrogen-bond donors (Lipinski definition) is 1. The van der Waals surface area contributed by atoms with Crippen LogP contribution in [0.15, 0.2) is 23.1 Å². The number of esters is 1. The summed E-state index contributed by atoms with van der Waals surface area (Å²) in [4.78, 5) is 24.3. The van der Waals surface area contributed by atoms with Crippen molar-refractivity contribution in [3.8, 4) is 0 Å². The number of aromatic amines is 1. The molecule has 0 bridgehead atoms. The van der Waals surface area contributed by atoms with Crippen LogP contribution in [0.1, 0.15) is 12.5 Å². The van der Waals surface area contributed by atoms with Crippen molar-refractivity contribution in [3.05, 3.63) is 34.2 Å². The van der Waals surface area contributed by atoms with Crippen molar-refractivity contribution in [3.63, 3.8) is 0 Å². The predicted octanol–water partition coefficient (Wildman–Crippen LogP) is 0.481. The summed E-state index contributed by atoms with van der Waals surface area (Å²) in [5.74, 6) is -0.312. The van der Waals surface area contributed by atoms with Crippen LogP contribution < -0.4 is 5.56 Å². The number of pyridine rings is 1. The lowest BCUT2D eigenvalue weighted by Gasteiger charge is -2.00. The number of carbonyl (C=O) groups is 1. The molecule has 1 aromatic rings. The van der Waals surface area contributed by atoms with Gasteiger partial charge in [-0.2, -0.15) is 0 Å². The van der Waals surface area contributed by atoms with Gasteiger partial charge >= 0.3 is 5.97 Å². The van der Waals surface area contributed by atoms with Gasteiger partial charge in [-0.05, 0) is 18.6 Å². The van der Waals surface area contributed by atoms with Crippen LogP contribution in [0.3, 0.4) is 0 Å². The van der Waals surface area contributed by atoms with Gasteiger partial charge in [-0.3, -0.25) is 9.59 Å². The minimum absolute atomic E-state index is 0.151. The smallest absolute Gasteiger partial charge is 0.310 e. The Morgan fingerprint density at radius 2 is 2.38 bits per heavy atom. The van der Waals surface area contributed by atoms with Gasteiger partial charge in [0.2, 0.25) is 5.56 Å². The lowest BCUT2D eigenvalue weighted by atomic mass is 10.2. The van der Waals surface area contributed by atoms with E-state index in [0.29, 0.717) is 12.2 Å². The minimum Gasteiger partial charge on any atom is -0.466 e. The quantitative estimate of drug-likeness (QED) is 0.690. The molecule has 0 aromatic carbocycles. The minimum atomic E-state index is -0.312. The molecule has 1 N–H and O–H groups in total. The molecule has 4 nitrogen and oxygen atoms in total. The third kappa shape index (κ3) is 3.11. The number of ether oxygens (including phenoxy) is 1. The number of aromatic nitrogens is 1. The average molecular weight is 181 g/mol. The highest BCUT2D eigenvalue weighted by molar-refractivity contribution is 5.72. The van der Waals surface area contributed by atoms with E-state index in [4.69, 9.17) is 4.74 Å². The van der Waals surface area contributed by atoms with Crippen molar-refractivity contribution in [2.24, 2.45) is 0 Å². The van der Waals surface area contributed by atoms with Crippen molar-refractivity contribution in [2.75, 3.05) is 6.61 Å². The van der Waals surface area contributed by atoms with Crippen LogP contribution in [-0.2, 0) is 16.0 Å². The number of rotatable bonds is 3. The summed E-state index contributed by atoms with van der Waals surface area (Å²) in [6, 6.07) is 3.06. The lowest BCUT2D eigenvalue weighted by molar-refractivity contribution is -0.142. The SMILES string of the molecule is CCOC(=O)Cc1cc[nH]c(=O)c1. The summed E-state index contributed by atoms with van der Waals surface area (Å²) < 4.78 is 4.73. The van der Waals surface area contributed by atoms with E-state index in [9.17, 15) is 9.59 Å². The van der Waals surface area contributed by atoms with Crippen molar-refractivity contribution in [1.29, 1.82) is 0 Å². The maximum absolute atomic E-state index is 11.0. The molecule has 0 aliphatic rings. The molecule has 0 spiro atoms. The van der Waals surface area contributed by atoms with E-state index in [0.717, 1.165) is 0 Å². The fourth-order valence-corrected chi connectivity index (χ4v) is 0.978. The van der Waals surface area contributed by atoms with E-state index < -0.39 is 0 Å². The van der Waals surface area contributed by atoms with Crippen LogP contribution >= 0.6 is 0 Å². The molecule has 0 radical (unpaired) electrons. The Morgan fingerprint density at radius 1 is 1.62 bits per heavy atom. The van der Waals surface area contributed by atoms with E-state index in [1.54, 1.807) is 13.0 Å². The predicted molar refractivity (Wildman–Crippen MR) is 47.4 cm³/mol. The Bertz CT molecular complexity index is 343. The first-order valence-electron chi connectivity index (χ1n) is 4.05. The molecule has 0 saturated carbocycles. The van der Waals surface area contributed by atoms with E-state index in [1.807, 2.05) is 0 Å². The standard InChI is InChI=1S/C9H11NO3/c1-2-13-9(12)6-7-3-4-10-8(11)5-7/h3-5H,2,6H2,1H3,(H,10,11). The summed E-state index contributed by atoms with van der Waals surface area (Å²) in [6.45, 7) is 2.11. The van der Waals surface area contributed by atoms with Gasteiger partial charge in [0.15, 0.2) is 0 Å². The fourth-order valence-electron chi connectivity index (χ4n) is 0.978. The highest BCUT2D eigenvalue weighted by Gasteiger charge is 2.03. The van der Waals surface area contributed by atoms with E-state index in [2.05, 4.69) is 4.98 Å². The molecule has 70 valence electrons. The van der Waals surface area contributed by atoms with Gasteiger partial charge in [-0.25, -0.2) is 0 Å². The van der Waals surface area contributed by atoms with E-state index >= 15 is 0 Å². The van der Waals surface area contributed by atoms with Gasteiger partial charge in [0.05, 0.1) is 13.0 Å². The number of carbonyl (C=O) groups excluding carboxylic acids is 1. The lowest BCUT2D eigenvalue weighted by Crippen LogP contribution is -2.10. The molecular formula is C9H11NO3. The Kier molecular flexibility index (Phi) is 3.25. The maximum atomic E-state index is 11.0. The van der Waals surface area contributed by atoms with Gasteiger partial charge in [0.1, 0.15) is 0 Å². The van der Waals surface area contributed by atoms with Gasteiger partial charge in [-0.15, -0.1) is 0 Å². The van der Waals surface area contributed by atoms with Gasteiger partial charge < -0.3 is 9.72 Å². The summed E-state index contributed by atoms with van der Waals surface area (Å²) in [6.07, 6.45) is 1.66. The Labute approximate surface area is 75.5 Å². The Morgan fingerprint density at radius 3 is 3.00 bits per heavy atom. The van der Waals surface area contributed by atoms with Crippen LogP contribution in [-0.4, -0.2) is 17.6 Å². The number of H-pyrrole nitrogens is 1. The molecular weight excluding hydrogens is 170 g/mol. The van der Waals surface area contributed by atoms with Crippen LogP contribution in [0.25, 0.3) is 0 Å². The molecule has 1 heterocycles. The summed E-state index contributed by atoms with van der Waals surface area (Å²) in [5, 5.41) is 0. The molecule has 0 fully saturated rings. The molecule has 0 saturated heterocycles. The highest BCUT2D eigenvalue weighted by atomic mass is 16.5. The zero-order valence-electron chi connectivity index (χ0n) is 7.37. The largest absolute Gasteiger partial charge is 0.466 e. The molecule has 0 aliphatic carbocycles. The van der Waals surface area contributed by atoms with E-state index in [1.165, 1.54) is 12.3 Å². The zero-order valence-corrected chi connectivity index (χ0v) is 7.37. The van der Waals surface area contributed by atoms with Crippen LogP contribution in [0.4, 0.5) is 0 Å². The second kappa shape index (κ2) is 4.45. The summed E-state index contributed by atoms with van der Waals surface area (Å²) in [5.41, 5.74) is 0.462. The van der Waals surface area contributed by atoms with Gasteiger partial charge in [0, 0.05) is 12.3 Å². The Balaban J connectivity index is 2.64. The normalized spacial score (nSPS) is 9.62. The van der Waals surface area contributed by atoms with Crippen molar-refractivity contribution >= 4 is 5.97 Å². The maximum Gasteiger partial charge on any atom is 0.310 e. The first-order valence-corrected chi connectivity index (χ1v) is 4.05. The molecule has 0 atom stereocenters. The van der Waals surface area contributed by atoms with E-state index in [-0.39, 0.29) is 17.9 Å². The first-order chi connectivity index (χ1) is 6.22. The average Bonchev–Trinajstić information content (AvgIpc) is 2.04. The number of hydrogen-bond acceptors (Lipinski definition) is 3. The van der Waals surface area contributed by atoms with Crippen molar-refractivity contribution < 1.29 is 9.53 Å². The Hall–Kier alpha value is -1.58. The molecule has 1 aromatic heterocycles. The third-order valence-electron chi connectivity index (χ3n) is 1.49. The molecule has 13 heavy (non-hydrogen) atoms. The van der Waals surface area contributed by atoms with Crippen LogP contribution in [0, 0.1) is 0 Å². The summed E-state index contributed by atoms with van der Waals surface area (Å²) in [7, 11) is 0. The van der Waals surface area contributed by atoms with Crippen molar-refractivity contribution in [1.82, 2.24) is 4.98 Å². The van der Waals surface area contributed by atoms with Crippen LogP contribution in [0.2, 0.25) is 0 Å². The highest BCUT2D eigenvalue weighted by Crippen LogP contribution is 1.96. The second-order valence-corrected chi connectivity index (χ2v) is 2.54.